The molecule has 2 aromatic rings. The highest BCUT2D eigenvalue weighted by Crippen LogP contribution is 2.33. The van der Waals surface area contributed by atoms with E-state index in [0.717, 1.165) is 5.56 Å². The first-order valence-corrected chi connectivity index (χ1v) is 9.50. The Bertz CT molecular complexity index is 995. The average Bonchev–Trinajstić information content (AvgIpc) is 3.10. The molecule has 2 aliphatic rings. The van der Waals surface area contributed by atoms with Crippen molar-refractivity contribution in [1.82, 2.24) is 0 Å². The van der Waals surface area contributed by atoms with Gasteiger partial charge in [0.1, 0.15) is 13.2 Å². The number of cyclic esters (lactones) is 1. The summed E-state index contributed by atoms with van der Waals surface area (Å²) < 4.78 is 27.7. The maximum absolute atomic E-state index is 12.3. The Hall–Kier alpha value is -3.48. The quantitative estimate of drug-likeness (QED) is 0.550. The van der Waals surface area contributed by atoms with Gasteiger partial charge in [0.2, 0.25) is 5.90 Å². The molecule has 0 atom stereocenters. The highest BCUT2D eigenvalue weighted by Gasteiger charge is 2.25. The fourth-order valence-electron chi connectivity index (χ4n) is 3.02. The van der Waals surface area contributed by atoms with Crippen LogP contribution in [0.3, 0.4) is 0 Å². The molecular formula is C22H21NO6. The van der Waals surface area contributed by atoms with E-state index >= 15 is 0 Å². The normalized spacial score (nSPS) is 16.4. The summed E-state index contributed by atoms with van der Waals surface area (Å²) in [6, 6.07) is 10.8. The lowest BCUT2D eigenvalue weighted by atomic mass is 10.1. The maximum Gasteiger partial charge on any atom is 0.363 e. The minimum Gasteiger partial charge on any atom is -0.490 e. The van der Waals surface area contributed by atoms with E-state index in [9.17, 15) is 4.79 Å². The molecule has 0 radical (unpaired) electrons. The van der Waals surface area contributed by atoms with Crippen molar-refractivity contribution in [2.24, 2.45) is 4.99 Å². The lowest BCUT2D eigenvalue weighted by Gasteiger charge is -2.18. The highest BCUT2D eigenvalue weighted by atomic mass is 16.6. The molecule has 0 aliphatic carbocycles. The molecule has 0 amide bonds. The topological polar surface area (TPSA) is 75.6 Å². The van der Waals surface area contributed by atoms with Gasteiger partial charge in [-0.1, -0.05) is 6.07 Å². The van der Waals surface area contributed by atoms with Crippen LogP contribution in [0.5, 0.6) is 23.0 Å². The lowest BCUT2D eigenvalue weighted by molar-refractivity contribution is -0.129. The van der Waals surface area contributed by atoms with Crippen LogP contribution in [-0.4, -0.2) is 38.3 Å². The Morgan fingerprint density at radius 2 is 1.72 bits per heavy atom. The molecule has 0 saturated heterocycles. The van der Waals surface area contributed by atoms with E-state index in [1.54, 1.807) is 24.3 Å². The molecule has 0 aromatic heterocycles. The number of hydrogen-bond donors (Lipinski definition) is 0. The van der Waals surface area contributed by atoms with Gasteiger partial charge in [-0.05, 0) is 55.8 Å². The summed E-state index contributed by atoms with van der Waals surface area (Å²) in [6.45, 7) is 5.84. The number of ether oxygens (including phenoxy) is 5. The molecule has 0 bridgehead atoms. The summed E-state index contributed by atoms with van der Waals surface area (Å²) in [4.78, 5) is 16.7. The van der Waals surface area contributed by atoms with Crippen molar-refractivity contribution in [2.75, 3.05) is 26.4 Å². The van der Waals surface area contributed by atoms with E-state index in [-0.39, 0.29) is 11.6 Å². The average molecular weight is 395 g/mol. The maximum atomic E-state index is 12.3. The minimum atomic E-state index is -0.512. The molecule has 0 N–H and O–H groups in total. The third-order valence-corrected chi connectivity index (χ3v) is 4.28. The SMILES string of the molecule is CCOc1ccc(C2=N/C(=C/c3ccc4c(c3)OCCO4)C(=O)O2)cc1OCC. The van der Waals surface area contributed by atoms with Crippen molar-refractivity contribution in [3.8, 4) is 23.0 Å². The summed E-state index contributed by atoms with van der Waals surface area (Å²) in [5.74, 6) is 2.26. The van der Waals surface area contributed by atoms with E-state index in [2.05, 4.69) is 4.99 Å². The molecule has 4 rings (SSSR count). The summed E-state index contributed by atoms with van der Waals surface area (Å²) in [5, 5.41) is 0. The van der Waals surface area contributed by atoms with Crippen molar-refractivity contribution in [3.63, 3.8) is 0 Å². The third-order valence-electron chi connectivity index (χ3n) is 4.28. The smallest absolute Gasteiger partial charge is 0.363 e. The number of nitrogens with zero attached hydrogens (tertiary/aromatic N) is 1. The Morgan fingerprint density at radius 3 is 2.52 bits per heavy atom. The predicted molar refractivity (Wildman–Crippen MR) is 107 cm³/mol. The summed E-state index contributed by atoms with van der Waals surface area (Å²) >= 11 is 0. The van der Waals surface area contributed by atoms with Gasteiger partial charge in [0.05, 0.1) is 13.2 Å². The van der Waals surface area contributed by atoms with Crippen LogP contribution in [0.4, 0.5) is 0 Å². The second kappa shape index (κ2) is 8.26. The van der Waals surface area contributed by atoms with Gasteiger partial charge in [-0.3, -0.25) is 0 Å². The third kappa shape index (κ3) is 4.03. The van der Waals surface area contributed by atoms with E-state index in [0.29, 0.717) is 55.0 Å². The fraction of sp³-hybridized carbons (Fsp3) is 0.273. The molecule has 2 aliphatic heterocycles. The molecule has 7 heteroatoms. The lowest BCUT2D eigenvalue weighted by Crippen LogP contribution is -2.15. The number of rotatable bonds is 6. The van der Waals surface area contributed by atoms with Crippen molar-refractivity contribution < 1.29 is 28.5 Å². The molecule has 2 aromatic carbocycles. The Morgan fingerprint density at radius 1 is 0.966 bits per heavy atom. The first kappa shape index (κ1) is 18.9. The second-order valence-electron chi connectivity index (χ2n) is 6.27. The molecule has 0 unspecified atom stereocenters. The number of benzene rings is 2. The molecule has 2 heterocycles. The number of hydrogen-bond acceptors (Lipinski definition) is 7. The van der Waals surface area contributed by atoms with Crippen LogP contribution >= 0.6 is 0 Å². The van der Waals surface area contributed by atoms with Gasteiger partial charge in [0.25, 0.3) is 0 Å². The zero-order chi connectivity index (χ0) is 20.2. The van der Waals surface area contributed by atoms with Crippen LogP contribution in [0.25, 0.3) is 6.08 Å². The van der Waals surface area contributed by atoms with E-state index in [4.69, 9.17) is 23.7 Å². The fourth-order valence-corrected chi connectivity index (χ4v) is 3.02. The van der Waals surface area contributed by atoms with E-state index < -0.39 is 5.97 Å². The first-order chi connectivity index (χ1) is 14.2. The van der Waals surface area contributed by atoms with Gasteiger partial charge in [0, 0.05) is 5.56 Å². The van der Waals surface area contributed by atoms with Crippen molar-refractivity contribution in [2.45, 2.75) is 13.8 Å². The van der Waals surface area contributed by atoms with Crippen LogP contribution in [0.2, 0.25) is 0 Å². The number of carbonyl (C=O) groups is 1. The van der Waals surface area contributed by atoms with Gasteiger partial charge >= 0.3 is 5.97 Å². The summed E-state index contributed by atoms with van der Waals surface area (Å²) in [7, 11) is 0. The Balaban J connectivity index is 1.62. The summed E-state index contributed by atoms with van der Waals surface area (Å²) in [5.41, 5.74) is 1.62. The van der Waals surface area contributed by atoms with Gasteiger partial charge < -0.3 is 23.7 Å². The zero-order valence-electron chi connectivity index (χ0n) is 16.3. The molecule has 7 nitrogen and oxygen atoms in total. The minimum absolute atomic E-state index is 0.212. The second-order valence-corrected chi connectivity index (χ2v) is 6.27. The van der Waals surface area contributed by atoms with Crippen molar-refractivity contribution >= 4 is 17.9 Å². The van der Waals surface area contributed by atoms with Crippen molar-refractivity contribution in [3.05, 3.63) is 53.2 Å². The largest absolute Gasteiger partial charge is 0.490 e. The van der Waals surface area contributed by atoms with Crippen LogP contribution in [0.15, 0.2) is 47.1 Å². The molecule has 0 saturated carbocycles. The number of aliphatic imine (C=N–C) groups is 1. The van der Waals surface area contributed by atoms with E-state index in [1.807, 2.05) is 32.0 Å². The standard InChI is InChI=1S/C22H21NO6/c1-3-25-17-8-6-15(13-20(17)26-4-2)21-23-16(22(24)29-21)11-14-5-7-18-19(12-14)28-10-9-27-18/h5-8,11-13H,3-4,9-10H2,1-2H3/b16-11+. The Kier molecular flexibility index (Phi) is 5.37. The Labute approximate surface area is 168 Å². The van der Waals surface area contributed by atoms with Gasteiger partial charge in [0.15, 0.2) is 28.7 Å². The van der Waals surface area contributed by atoms with Crippen LogP contribution in [0, 0.1) is 0 Å². The number of esters is 1. The van der Waals surface area contributed by atoms with Crippen LogP contribution < -0.4 is 18.9 Å². The highest BCUT2D eigenvalue weighted by molar-refractivity contribution is 6.13. The number of carbonyl (C=O) groups excluding carboxylic acids is 1. The van der Waals surface area contributed by atoms with Crippen LogP contribution in [0.1, 0.15) is 25.0 Å². The first-order valence-electron chi connectivity index (χ1n) is 9.50. The molecular weight excluding hydrogens is 374 g/mol. The molecule has 150 valence electrons. The monoisotopic (exact) mass is 395 g/mol. The summed E-state index contributed by atoms with van der Waals surface area (Å²) in [6.07, 6.45) is 1.66. The van der Waals surface area contributed by atoms with Gasteiger partial charge in [-0.25, -0.2) is 9.79 Å². The zero-order valence-corrected chi connectivity index (χ0v) is 16.3. The van der Waals surface area contributed by atoms with Gasteiger partial charge in [-0.15, -0.1) is 0 Å². The van der Waals surface area contributed by atoms with E-state index in [1.165, 1.54) is 0 Å². The molecule has 0 spiro atoms. The predicted octanol–water partition coefficient (Wildman–Crippen LogP) is 3.60. The molecule has 0 fully saturated rings. The van der Waals surface area contributed by atoms with Crippen LogP contribution in [-0.2, 0) is 9.53 Å². The van der Waals surface area contributed by atoms with Gasteiger partial charge in [-0.2, -0.15) is 0 Å². The molecule has 29 heavy (non-hydrogen) atoms. The number of fused-ring (bicyclic) bond motifs is 1. The van der Waals surface area contributed by atoms with Crippen molar-refractivity contribution in [1.29, 1.82) is 0 Å².